The van der Waals surface area contributed by atoms with Gasteiger partial charge in [-0.2, -0.15) is 0 Å². The molecule has 0 radical (unpaired) electrons. The van der Waals surface area contributed by atoms with Crippen molar-refractivity contribution in [3.8, 4) is 5.75 Å². The fourth-order valence-corrected chi connectivity index (χ4v) is 1.97. The lowest BCUT2D eigenvalue weighted by molar-refractivity contribution is 0.298. The second-order valence-electron chi connectivity index (χ2n) is 3.90. The van der Waals surface area contributed by atoms with Crippen molar-refractivity contribution < 1.29 is 4.74 Å². The minimum atomic E-state index is 0.710. The van der Waals surface area contributed by atoms with Gasteiger partial charge < -0.3 is 10.5 Å². The Morgan fingerprint density at radius 3 is 2.40 bits per heavy atom. The fourth-order valence-electron chi connectivity index (χ4n) is 1.97. The highest BCUT2D eigenvalue weighted by molar-refractivity contribution is 5.57. The molecular weight excluding hydrogens is 190 g/mol. The summed E-state index contributed by atoms with van der Waals surface area (Å²) in [6.45, 7) is 1.78. The highest BCUT2D eigenvalue weighted by Crippen LogP contribution is 2.27. The predicted molar refractivity (Wildman–Crippen MR) is 60.6 cm³/mol. The fraction of sp³-hybridized carbons (Fsp3) is 0.455. The Balaban J connectivity index is 2.36. The average Bonchev–Trinajstić information content (AvgIpc) is 2.40. The summed E-state index contributed by atoms with van der Waals surface area (Å²) in [5.41, 5.74) is 9.17. The normalized spacial score (nSPS) is 16.9. The molecule has 0 atom stereocenters. The SMILES string of the molecule is COc1cc2c(cc1N)CCN(N)CC2. The molecule has 4 N–H and O–H groups in total. The summed E-state index contributed by atoms with van der Waals surface area (Å²) in [7, 11) is 1.64. The van der Waals surface area contributed by atoms with Crippen molar-refractivity contribution in [2.75, 3.05) is 25.9 Å². The molecule has 15 heavy (non-hydrogen) atoms. The summed E-state index contributed by atoms with van der Waals surface area (Å²) in [6, 6.07) is 4.04. The van der Waals surface area contributed by atoms with E-state index in [1.807, 2.05) is 17.1 Å². The molecule has 0 unspecified atom stereocenters. The maximum atomic E-state index is 5.87. The molecule has 0 amide bonds. The van der Waals surface area contributed by atoms with Crippen LogP contribution in [0.25, 0.3) is 0 Å². The molecule has 0 saturated carbocycles. The number of nitrogen functional groups attached to an aromatic ring is 1. The van der Waals surface area contributed by atoms with Gasteiger partial charge in [-0.25, -0.2) is 5.01 Å². The monoisotopic (exact) mass is 207 g/mol. The number of methoxy groups -OCH3 is 1. The third-order valence-electron chi connectivity index (χ3n) is 2.89. The number of nitrogens with zero attached hydrogens (tertiary/aromatic N) is 1. The second kappa shape index (κ2) is 4.08. The number of hydrogen-bond donors (Lipinski definition) is 2. The smallest absolute Gasteiger partial charge is 0.142 e. The first-order chi connectivity index (χ1) is 7.20. The number of nitrogens with two attached hydrogens (primary N) is 2. The molecule has 2 rings (SSSR count). The Hall–Kier alpha value is -1.26. The van der Waals surface area contributed by atoms with Gasteiger partial charge in [0.15, 0.2) is 0 Å². The third-order valence-corrected chi connectivity index (χ3v) is 2.89. The van der Waals surface area contributed by atoms with Crippen molar-refractivity contribution in [2.45, 2.75) is 12.8 Å². The van der Waals surface area contributed by atoms with Gasteiger partial charge in [0, 0.05) is 13.1 Å². The Morgan fingerprint density at radius 2 is 1.80 bits per heavy atom. The van der Waals surface area contributed by atoms with Crippen molar-refractivity contribution >= 4 is 5.69 Å². The third kappa shape index (κ3) is 2.06. The first kappa shape index (κ1) is 10.3. The molecule has 0 aliphatic carbocycles. The van der Waals surface area contributed by atoms with Gasteiger partial charge >= 0.3 is 0 Å². The lowest BCUT2D eigenvalue weighted by Gasteiger charge is -2.10. The van der Waals surface area contributed by atoms with Crippen LogP contribution in [-0.2, 0) is 12.8 Å². The van der Waals surface area contributed by atoms with Crippen molar-refractivity contribution in [2.24, 2.45) is 5.84 Å². The molecule has 4 nitrogen and oxygen atoms in total. The van der Waals surface area contributed by atoms with E-state index in [0.29, 0.717) is 5.69 Å². The molecule has 1 aliphatic rings. The van der Waals surface area contributed by atoms with Crippen LogP contribution < -0.4 is 16.3 Å². The van der Waals surface area contributed by atoms with E-state index < -0.39 is 0 Å². The van der Waals surface area contributed by atoms with Gasteiger partial charge in [0.25, 0.3) is 0 Å². The van der Waals surface area contributed by atoms with E-state index in [4.69, 9.17) is 16.3 Å². The Kier molecular flexibility index (Phi) is 2.79. The molecule has 0 saturated heterocycles. The van der Waals surface area contributed by atoms with Gasteiger partial charge in [-0.1, -0.05) is 0 Å². The minimum absolute atomic E-state index is 0.710. The number of fused-ring (bicyclic) bond motifs is 1. The Labute approximate surface area is 89.8 Å². The lowest BCUT2D eigenvalue weighted by Crippen LogP contribution is -2.33. The standard InChI is InChI=1S/C11H17N3O/c1-15-11-7-9-3-5-14(13)4-2-8(9)6-10(11)12/h6-7H,2-5,12-13H2,1H3. The number of rotatable bonds is 1. The van der Waals surface area contributed by atoms with Crippen molar-refractivity contribution in [3.63, 3.8) is 0 Å². The molecule has 1 aliphatic heterocycles. The summed E-state index contributed by atoms with van der Waals surface area (Å²) in [5.74, 6) is 6.56. The van der Waals surface area contributed by atoms with Gasteiger partial charge in [0.1, 0.15) is 5.75 Å². The number of benzene rings is 1. The molecule has 0 aromatic heterocycles. The summed E-state index contributed by atoms with van der Waals surface area (Å²) in [6.07, 6.45) is 1.92. The maximum Gasteiger partial charge on any atom is 0.142 e. The van der Waals surface area contributed by atoms with Crippen LogP contribution in [0.15, 0.2) is 12.1 Å². The quantitative estimate of drug-likeness (QED) is 0.521. The molecule has 82 valence electrons. The summed E-state index contributed by atoms with van der Waals surface area (Å²) in [5, 5.41) is 1.85. The molecule has 1 heterocycles. The zero-order valence-electron chi connectivity index (χ0n) is 8.99. The van der Waals surface area contributed by atoms with Gasteiger partial charge in [0.2, 0.25) is 0 Å². The van der Waals surface area contributed by atoms with Crippen LogP contribution in [0.1, 0.15) is 11.1 Å². The van der Waals surface area contributed by atoms with Gasteiger partial charge in [-0.15, -0.1) is 0 Å². The molecule has 0 bridgehead atoms. The van der Waals surface area contributed by atoms with Crippen LogP contribution in [-0.4, -0.2) is 25.2 Å². The number of anilines is 1. The lowest BCUT2D eigenvalue weighted by atomic mass is 10.0. The van der Waals surface area contributed by atoms with E-state index in [2.05, 4.69) is 0 Å². The number of hydrogen-bond acceptors (Lipinski definition) is 4. The van der Waals surface area contributed by atoms with E-state index in [1.54, 1.807) is 7.11 Å². The highest BCUT2D eigenvalue weighted by atomic mass is 16.5. The van der Waals surface area contributed by atoms with Gasteiger partial charge in [0.05, 0.1) is 12.8 Å². The first-order valence-corrected chi connectivity index (χ1v) is 5.15. The Bertz CT molecular complexity index is 365. The molecule has 1 aromatic carbocycles. The van der Waals surface area contributed by atoms with E-state index in [1.165, 1.54) is 11.1 Å². The average molecular weight is 207 g/mol. The molecule has 1 aromatic rings. The predicted octanol–water partition coefficient (Wildman–Crippen LogP) is 0.552. The van der Waals surface area contributed by atoms with Crippen molar-refractivity contribution in [1.82, 2.24) is 5.01 Å². The summed E-state index contributed by atoms with van der Waals surface area (Å²) >= 11 is 0. The van der Waals surface area contributed by atoms with Crippen LogP contribution in [0.3, 0.4) is 0 Å². The summed E-state index contributed by atoms with van der Waals surface area (Å²) in [4.78, 5) is 0. The topological polar surface area (TPSA) is 64.5 Å². The van der Waals surface area contributed by atoms with E-state index in [0.717, 1.165) is 31.7 Å². The van der Waals surface area contributed by atoms with Crippen molar-refractivity contribution in [1.29, 1.82) is 0 Å². The molecule has 0 spiro atoms. The minimum Gasteiger partial charge on any atom is -0.495 e. The van der Waals surface area contributed by atoms with Crippen LogP contribution in [0.4, 0.5) is 5.69 Å². The molecule has 0 fully saturated rings. The second-order valence-corrected chi connectivity index (χ2v) is 3.90. The number of hydrazine groups is 1. The first-order valence-electron chi connectivity index (χ1n) is 5.15. The van der Waals surface area contributed by atoms with E-state index in [-0.39, 0.29) is 0 Å². The van der Waals surface area contributed by atoms with Crippen LogP contribution in [0, 0.1) is 0 Å². The highest BCUT2D eigenvalue weighted by Gasteiger charge is 2.13. The number of ether oxygens (including phenoxy) is 1. The zero-order valence-corrected chi connectivity index (χ0v) is 8.99. The van der Waals surface area contributed by atoms with E-state index >= 15 is 0 Å². The Morgan fingerprint density at radius 1 is 1.20 bits per heavy atom. The van der Waals surface area contributed by atoms with Gasteiger partial charge in [-0.05, 0) is 36.1 Å². The van der Waals surface area contributed by atoms with Crippen LogP contribution >= 0.6 is 0 Å². The molecule has 4 heteroatoms. The largest absolute Gasteiger partial charge is 0.495 e. The van der Waals surface area contributed by atoms with Crippen LogP contribution in [0.5, 0.6) is 5.75 Å². The van der Waals surface area contributed by atoms with Crippen LogP contribution in [0.2, 0.25) is 0 Å². The maximum absolute atomic E-state index is 5.87. The van der Waals surface area contributed by atoms with Crippen molar-refractivity contribution in [3.05, 3.63) is 23.3 Å². The molecular formula is C11H17N3O. The zero-order chi connectivity index (χ0) is 10.8. The summed E-state index contributed by atoms with van der Waals surface area (Å²) < 4.78 is 5.21. The van der Waals surface area contributed by atoms with Gasteiger partial charge in [-0.3, -0.25) is 5.84 Å². The van der Waals surface area contributed by atoms with E-state index in [9.17, 15) is 0 Å².